The van der Waals surface area contributed by atoms with E-state index >= 15 is 0 Å². The standard InChI is InChI=1S/C16H17NO3SSe.C16H16O4S2Se.C15H15NO2SSe.C15H15NO2Se2.C14H12O2S2Se.C14H12O2SSe2.C13H8OSSe2/c1-17-13(14-4-2-11(8-19)21-14)6-10(7-18)16(17)15-5-3-12(9-20)22-15;17-5-9-3-11(21-13(9)7-19)15-1-2-16(23-15)12-4-10(6-18)14(8-20)22-12;2*1-16-12(14-6-2-10(8-17)19-14)4-5-13(16)15-7-3-11(9-18)20-15;15-7-9-1-3-11(17-9)13-5-6-14(19-13)12-4-2-10(8-16)18-12;15-7-9-1-5-13(18-9)11-3-4-12(17-11)14-6-2-10(8-16)19-14;14-8-9-3-6-13(17-9)11-5-4-10(15-11)12-2-1-7-16-12/h2-6,18-20H,7-9H2,1H3;1-4,17-20H,5-8H2;2*2-7,17-18H,8-9H2,1H3;2*1-6,15-16H,7-8H2;1-8H. The molecule has 0 unspecified atom stereocenters. The Bertz CT molecular complexity index is 6900. The number of carbonyl (C=O) groups excluding carboxylic acids is 1. The molecule has 0 aliphatic heterocycles. The average molecular weight is 2680 g/mol. The first-order valence-electron chi connectivity index (χ1n) is 43.1. The van der Waals surface area contributed by atoms with E-state index in [4.69, 9.17) is 25.5 Å². The van der Waals surface area contributed by atoms with Crippen molar-refractivity contribution in [3.63, 3.8) is 0 Å². The van der Waals surface area contributed by atoms with Crippen molar-refractivity contribution in [1.82, 2.24) is 13.7 Å². The van der Waals surface area contributed by atoms with Crippen molar-refractivity contribution in [2.24, 2.45) is 21.1 Å². The van der Waals surface area contributed by atoms with Crippen LogP contribution in [0.25, 0.3) is 136 Å². The third kappa shape index (κ3) is 27.2. The number of hydrogen-bond donors (Lipinski definition) is 15. The molecule has 37 heteroatoms. The number of thiophene rings is 8. The molecule has 0 saturated heterocycles. The first-order chi connectivity index (χ1) is 68.3. The minimum atomic E-state index is -0.0579. The van der Waals surface area contributed by atoms with Crippen LogP contribution in [-0.4, -0.2) is 242 Å². The van der Waals surface area contributed by atoms with E-state index in [2.05, 4.69) is 172 Å². The van der Waals surface area contributed by atoms with Gasteiger partial charge in [-0.1, -0.05) is 0 Å². The van der Waals surface area contributed by atoms with Gasteiger partial charge in [0.15, 0.2) is 0 Å². The van der Waals surface area contributed by atoms with Crippen molar-refractivity contribution in [3.8, 4) is 136 Å². The zero-order chi connectivity index (χ0) is 98.5. The van der Waals surface area contributed by atoms with Crippen LogP contribution in [0.4, 0.5) is 0 Å². The summed E-state index contributed by atoms with van der Waals surface area (Å²) >= 11 is 15.7. The minimum absolute atomic E-state index is 0.0106. The van der Waals surface area contributed by atoms with Gasteiger partial charge in [0.1, 0.15) is 0 Å². The quantitative estimate of drug-likeness (QED) is 0.0147. The molecule has 0 aromatic carbocycles. The number of aliphatic hydroxyl groups is 15. The molecule has 21 heterocycles. The topological polar surface area (TPSA) is 335 Å². The maximum absolute atomic E-state index is 10.7. The normalized spacial score (nSPS) is 11.1. The molecule has 15 N–H and O–H groups in total. The summed E-state index contributed by atoms with van der Waals surface area (Å²) < 4.78 is 29.9. The second kappa shape index (κ2) is 53.4. The molecule has 0 saturated carbocycles. The van der Waals surface area contributed by atoms with Gasteiger partial charge in [-0.2, -0.15) is 0 Å². The van der Waals surface area contributed by atoms with Crippen LogP contribution in [0, 0.1) is 0 Å². The van der Waals surface area contributed by atoms with Crippen molar-refractivity contribution in [2.75, 3.05) is 0 Å². The van der Waals surface area contributed by atoms with Crippen LogP contribution in [0.1, 0.15) is 81.8 Å². The first-order valence-corrected chi connectivity index (χ1v) is 66.8. The van der Waals surface area contributed by atoms with Crippen LogP contribution in [0.5, 0.6) is 0 Å². The molecule has 19 nitrogen and oxygen atoms in total. The van der Waals surface area contributed by atoms with Crippen molar-refractivity contribution in [2.45, 2.75) is 99.1 Å². The summed E-state index contributed by atoms with van der Waals surface area (Å²) in [5.41, 5.74) is 9.39. The number of carbonyl (C=O) groups is 1. The molecule has 21 aromatic heterocycles. The van der Waals surface area contributed by atoms with E-state index in [1.165, 1.54) is 133 Å². The van der Waals surface area contributed by atoms with Gasteiger partial charge in [0.25, 0.3) is 0 Å². The summed E-state index contributed by atoms with van der Waals surface area (Å²) in [7, 11) is 6.15. The van der Waals surface area contributed by atoms with Crippen LogP contribution in [0.3, 0.4) is 0 Å². The fourth-order valence-corrected chi connectivity index (χ4v) is 43.0. The number of nitrogens with zero attached hydrogens (tertiary/aromatic N) is 3. The van der Waals surface area contributed by atoms with Gasteiger partial charge in [-0.05, 0) is 0 Å². The Morgan fingerprint density at radius 1 is 0.229 bits per heavy atom. The molecule has 0 amide bonds. The fraction of sp³-hybridized carbons (Fsp3) is 0.175. The first kappa shape index (κ1) is 109. The molecule has 0 aliphatic carbocycles. The molecule has 0 fully saturated rings. The zero-order valence-electron chi connectivity index (χ0n) is 75.1. The Morgan fingerprint density at radius 3 is 0.871 bits per heavy atom. The summed E-state index contributed by atoms with van der Waals surface area (Å²) in [6.07, 6.45) is 0.977. The Labute approximate surface area is 901 Å². The fourth-order valence-electron chi connectivity index (χ4n) is 14.4. The van der Waals surface area contributed by atoms with E-state index in [1.54, 1.807) is 45.3 Å². The number of aldehydes is 1. The van der Waals surface area contributed by atoms with Gasteiger partial charge in [-0.15, -0.1) is 0 Å². The van der Waals surface area contributed by atoms with Crippen LogP contribution in [-0.2, 0) is 120 Å². The van der Waals surface area contributed by atoms with Crippen LogP contribution in [0.15, 0.2) is 242 Å². The molecular formula is C103H95N3O16S8Se10. The van der Waals surface area contributed by atoms with Crippen molar-refractivity contribution < 1.29 is 81.4 Å². The van der Waals surface area contributed by atoms with Gasteiger partial charge in [-0.25, -0.2) is 0 Å². The predicted molar refractivity (Wildman–Crippen MR) is 585 cm³/mol. The number of rotatable bonds is 30. The molecule has 0 bridgehead atoms. The van der Waals surface area contributed by atoms with Gasteiger partial charge < -0.3 is 0 Å². The SMILES string of the molecule is Cn1c(-c2ccc(CO)[se]2)ccc1-c1ccc(CO)[se]1.Cn1c(-c2ccc(CO)s2)cc(CO)c1-c1ccc(CO)[se]1.Cn1c(-c2ccc(CO)s2)ccc1-c1ccc(CO)[se]1.O=Cc1ccc(-c2ccc(-c3ccc[se]3)s2)[se]1.OCc1cc(-c2ccc(-c3cc(CO)c(CO)s3)[se]2)sc1CO.OCc1ccc(-c2ccc(-c3ccc(CO)[se]3)s2)[se]1.OCc1ccc(-c2ccc(-c3ccc(CO)s3)[se]2)s1. The zero-order valence-corrected chi connectivity index (χ0v) is 98.7. The molecule has 0 atom stereocenters. The van der Waals surface area contributed by atoms with E-state index in [0.717, 1.165) is 109 Å². The second-order valence-corrected chi connectivity index (χ2v) is 63.1. The Balaban J connectivity index is 0.000000124. The second-order valence-electron chi connectivity index (χ2n) is 30.4. The Morgan fingerprint density at radius 2 is 0.529 bits per heavy atom. The molecule has 21 rings (SSSR count). The van der Waals surface area contributed by atoms with Crippen LogP contribution in [0.2, 0.25) is 0 Å². The molecule has 0 spiro atoms. The van der Waals surface area contributed by atoms with E-state index < -0.39 is 0 Å². The van der Waals surface area contributed by atoms with Crippen molar-refractivity contribution in [1.29, 1.82) is 0 Å². The third-order valence-electron chi connectivity index (χ3n) is 21.4. The number of aliphatic hydroxyl groups excluding tert-OH is 15. The number of aromatic nitrogens is 3. The van der Waals surface area contributed by atoms with Gasteiger partial charge >= 0.3 is 912 Å². The molecule has 0 radical (unpaired) electrons. The van der Waals surface area contributed by atoms with Gasteiger partial charge in [-0.3, -0.25) is 0 Å². The predicted octanol–water partition coefficient (Wildman–Crippen LogP) is 16.4. The van der Waals surface area contributed by atoms with E-state index in [1.807, 2.05) is 127 Å². The molecule has 140 heavy (non-hydrogen) atoms. The summed E-state index contributed by atoms with van der Waals surface area (Å²) in [6, 6.07) is 81.1. The molecule has 726 valence electrons. The van der Waals surface area contributed by atoms with Crippen molar-refractivity contribution >= 4 is 242 Å². The maximum atomic E-state index is 10.7. The summed E-state index contributed by atoms with van der Waals surface area (Å²) in [6.45, 7) is 1.09. The third-order valence-corrected chi connectivity index (χ3v) is 55.6. The summed E-state index contributed by atoms with van der Waals surface area (Å²) in [5.74, 6) is 0. The Kier molecular flexibility index (Phi) is 41.5. The molecule has 0 aliphatic rings. The van der Waals surface area contributed by atoms with Gasteiger partial charge in [0.2, 0.25) is 0 Å². The average Bonchev–Trinajstić information content (AvgIpc) is 1.62. The monoisotopic (exact) mass is 2680 g/mol. The van der Waals surface area contributed by atoms with E-state index in [9.17, 15) is 55.9 Å². The van der Waals surface area contributed by atoms with Gasteiger partial charge in [0.05, 0.1) is 0 Å². The van der Waals surface area contributed by atoms with E-state index in [-0.39, 0.29) is 215 Å². The summed E-state index contributed by atoms with van der Waals surface area (Å²) in [5, 5.41) is 139. The Hall–Kier alpha value is -5.50. The van der Waals surface area contributed by atoms with Crippen LogP contribution >= 0.6 is 90.7 Å². The van der Waals surface area contributed by atoms with E-state index in [0.29, 0.717) is 29.0 Å². The summed E-state index contributed by atoms with van der Waals surface area (Å²) in [4.78, 5) is 30.8. The van der Waals surface area contributed by atoms with Crippen LogP contribution < -0.4 is 0 Å². The molecular weight excluding hydrogens is 2580 g/mol. The number of hydrogen-bond acceptors (Lipinski definition) is 24. The van der Waals surface area contributed by atoms with Crippen molar-refractivity contribution in [3.05, 3.63) is 319 Å². The molecule has 21 aromatic rings. The van der Waals surface area contributed by atoms with Gasteiger partial charge in [0, 0.05) is 0 Å².